The van der Waals surface area contributed by atoms with E-state index >= 15 is 0 Å². The van der Waals surface area contributed by atoms with Gasteiger partial charge in [-0.25, -0.2) is 0 Å². The SMILES string of the molecule is COC1C2OCOC2CC2CCN(C)C(NC3CCNCC3)C21. The zero-order valence-corrected chi connectivity index (χ0v) is 14.4. The standard InChI is InChI=1S/C17H31N3O3/c1-20-8-5-11-9-13-15(23-10-22-13)16(21-2)14(11)17(20)19-12-3-6-18-7-4-12/h11-19H,3-10H2,1-2H3. The van der Waals surface area contributed by atoms with Crippen LogP contribution in [-0.4, -0.2) is 76.0 Å². The third kappa shape index (κ3) is 3.05. The Morgan fingerprint density at radius 2 is 2.00 bits per heavy atom. The van der Waals surface area contributed by atoms with Crippen LogP contribution in [0.1, 0.15) is 25.7 Å². The van der Waals surface area contributed by atoms with Crippen LogP contribution in [0.15, 0.2) is 0 Å². The van der Waals surface area contributed by atoms with Gasteiger partial charge in [0.2, 0.25) is 0 Å². The molecule has 0 radical (unpaired) electrons. The fraction of sp³-hybridized carbons (Fsp3) is 1.00. The quantitative estimate of drug-likeness (QED) is 0.783. The number of methoxy groups -OCH3 is 1. The first-order chi connectivity index (χ1) is 11.3. The lowest BCUT2D eigenvalue weighted by Gasteiger charge is -2.52. The molecule has 4 fully saturated rings. The summed E-state index contributed by atoms with van der Waals surface area (Å²) >= 11 is 0. The Hall–Kier alpha value is -0.240. The highest BCUT2D eigenvalue weighted by molar-refractivity contribution is 5.03. The Labute approximate surface area is 139 Å². The molecule has 4 rings (SSSR count). The third-order valence-electron chi connectivity index (χ3n) is 6.40. The molecule has 0 aromatic carbocycles. The maximum Gasteiger partial charge on any atom is 0.147 e. The van der Waals surface area contributed by atoms with Crippen molar-refractivity contribution in [3.8, 4) is 0 Å². The highest BCUT2D eigenvalue weighted by Crippen LogP contribution is 2.44. The molecule has 23 heavy (non-hydrogen) atoms. The number of hydrogen-bond donors (Lipinski definition) is 2. The van der Waals surface area contributed by atoms with Crippen LogP contribution in [0, 0.1) is 11.8 Å². The zero-order valence-electron chi connectivity index (χ0n) is 14.4. The molecule has 3 saturated heterocycles. The number of nitrogens with one attached hydrogen (secondary N) is 2. The molecule has 1 aliphatic carbocycles. The number of rotatable bonds is 3. The van der Waals surface area contributed by atoms with Gasteiger partial charge >= 0.3 is 0 Å². The van der Waals surface area contributed by atoms with Crippen molar-refractivity contribution < 1.29 is 14.2 Å². The first-order valence-corrected chi connectivity index (χ1v) is 9.21. The van der Waals surface area contributed by atoms with E-state index in [1.54, 1.807) is 0 Å². The Bertz CT molecular complexity index is 405. The number of likely N-dealkylation sites (tertiary alicyclic amines) is 1. The minimum atomic E-state index is 0.102. The van der Waals surface area contributed by atoms with Crippen molar-refractivity contribution in [2.45, 2.75) is 56.2 Å². The van der Waals surface area contributed by atoms with Gasteiger partial charge in [0.05, 0.1) is 18.4 Å². The largest absolute Gasteiger partial charge is 0.378 e. The number of fused-ring (bicyclic) bond motifs is 2. The van der Waals surface area contributed by atoms with Crippen molar-refractivity contribution in [1.82, 2.24) is 15.5 Å². The molecule has 3 heterocycles. The molecule has 3 aliphatic heterocycles. The summed E-state index contributed by atoms with van der Waals surface area (Å²) in [6, 6.07) is 0.610. The number of piperidine rings is 2. The van der Waals surface area contributed by atoms with Gasteiger partial charge in [-0.3, -0.25) is 10.2 Å². The smallest absolute Gasteiger partial charge is 0.147 e. The summed E-state index contributed by atoms with van der Waals surface area (Å²) in [5.74, 6) is 1.15. The van der Waals surface area contributed by atoms with Gasteiger partial charge in [-0.1, -0.05) is 0 Å². The molecular formula is C17H31N3O3. The monoisotopic (exact) mass is 325 g/mol. The van der Waals surface area contributed by atoms with Crippen LogP contribution in [0.2, 0.25) is 0 Å². The van der Waals surface area contributed by atoms with Crippen molar-refractivity contribution in [3.05, 3.63) is 0 Å². The van der Waals surface area contributed by atoms with Crippen LogP contribution < -0.4 is 10.6 Å². The lowest BCUT2D eigenvalue weighted by molar-refractivity contribution is -0.141. The van der Waals surface area contributed by atoms with E-state index in [9.17, 15) is 0 Å². The molecule has 0 spiro atoms. The first-order valence-electron chi connectivity index (χ1n) is 9.21. The average molecular weight is 325 g/mol. The van der Waals surface area contributed by atoms with Crippen molar-refractivity contribution in [2.24, 2.45) is 11.8 Å². The summed E-state index contributed by atoms with van der Waals surface area (Å²) in [6.45, 7) is 3.82. The van der Waals surface area contributed by atoms with E-state index in [1.165, 1.54) is 19.3 Å². The van der Waals surface area contributed by atoms with Gasteiger partial charge in [0, 0.05) is 19.1 Å². The molecule has 4 aliphatic rings. The lowest BCUT2D eigenvalue weighted by atomic mass is 9.69. The summed E-state index contributed by atoms with van der Waals surface area (Å²) in [7, 11) is 4.09. The molecule has 6 atom stereocenters. The minimum absolute atomic E-state index is 0.102. The van der Waals surface area contributed by atoms with Gasteiger partial charge < -0.3 is 19.5 Å². The predicted molar refractivity (Wildman–Crippen MR) is 87.1 cm³/mol. The molecule has 0 bridgehead atoms. The van der Waals surface area contributed by atoms with Gasteiger partial charge in [-0.2, -0.15) is 0 Å². The van der Waals surface area contributed by atoms with Crippen LogP contribution in [0.3, 0.4) is 0 Å². The highest BCUT2D eigenvalue weighted by atomic mass is 16.7. The van der Waals surface area contributed by atoms with Crippen molar-refractivity contribution >= 4 is 0 Å². The summed E-state index contributed by atoms with van der Waals surface area (Å²) in [4.78, 5) is 2.49. The topological polar surface area (TPSA) is 55.0 Å². The fourth-order valence-electron chi connectivity index (χ4n) is 5.17. The molecule has 0 amide bonds. The van der Waals surface area contributed by atoms with Crippen LogP contribution in [0.25, 0.3) is 0 Å². The summed E-state index contributed by atoms with van der Waals surface area (Å²) in [5.41, 5.74) is 0. The van der Waals surface area contributed by atoms with Gasteiger partial charge in [-0.15, -0.1) is 0 Å². The van der Waals surface area contributed by atoms with Gasteiger partial charge in [0.15, 0.2) is 0 Å². The van der Waals surface area contributed by atoms with Gasteiger partial charge in [0.25, 0.3) is 0 Å². The third-order valence-corrected chi connectivity index (χ3v) is 6.40. The summed E-state index contributed by atoms with van der Waals surface area (Å²) < 4.78 is 17.6. The lowest BCUT2D eigenvalue weighted by Crippen LogP contribution is -2.65. The van der Waals surface area contributed by atoms with E-state index in [4.69, 9.17) is 14.2 Å². The molecule has 2 N–H and O–H groups in total. The summed E-state index contributed by atoms with van der Waals surface area (Å²) in [6.07, 6.45) is 5.62. The maximum atomic E-state index is 5.96. The van der Waals surface area contributed by atoms with Crippen molar-refractivity contribution in [1.29, 1.82) is 0 Å². The average Bonchev–Trinajstić information content (AvgIpc) is 3.04. The fourth-order valence-corrected chi connectivity index (χ4v) is 5.17. The second kappa shape index (κ2) is 6.94. The second-order valence-corrected chi connectivity index (χ2v) is 7.63. The number of hydrogen-bond acceptors (Lipinski definition) is 6. The number of nitrogens with zero attached hydrogens (tertiary/aromatic N) is 1. The minimum Gasteiger partial charge on any atom is -0.378 e. The molecule has 6 unspecified atom stereocenters. The van der Waals surface area contributed by atoms with Crippen LogP contribution >= 0.6 is 0 Å². The first kappa shape index (κ1) is 16.2. The van der Waals surface area contributed by atoms with Crippen molar-refractivity contribution in [3.63, 3.8) is 0 Å². The van der Waals surface area contributed by atoms with Crippen LogP contribution in [0.5, 0.6) is 0 Å². The number of ether oxygens (including phenoxy) is 3. The van der Waals surface area contributed by atoms with Crippen LogP contribution in [0.4, 0.5) is 0 Å². The normalized spacial score (nSPS) is 45.7. The molecule has 0 aromatic rings. The van der Waals surface area contributed by atoms with E-state index in [2.05, 4.69) is 22.6 Å². The van der Waals surface area contributed by atoms with Gasteiger partial charge in [0.1, 0.15) is 12.9 Å². The van der Waals surface area contributed by atoms with E-state index in [0.717, 1.165) is 26.1 Å². The van der Waals surface area contributed by atoms with E-state index in [1.807, 2.05) is 7.11 Å². The molecule has 132 valence electrons. The van der Waals surface area contributed by atoms with Gasteiger partial charge in [-0.05, 0) is 58.3 Å². The molecule has 6 nitrogen and oxygen atoms in total. The Morgan fingerprint density at radius 1 is 1.17 bits per heavy atom. The van der Waals surface area contributed by atoms with E-state index in [-0.39, 0.29) is 18.3 Å². The molecule has 6 heteroatoms. The molecule has 1 saturated carbocycles. The Kier molecular flexibility index (Phi) is 4.90. The maximum absolute atomic E-state index is 5.96. The zero-order chi connectivity index (χ0) is 15.8. The second-order valence-electron chi connectivity index (χ2n) is 7.63. The van der Waals surface area contributed by atoms with Crippen LogP contribution in [-0.2, 0) is 14.2 Å². The Morgan fingerprint density at radius 3 is 2.78 bits per heavy atom. The van der Waals surface area contributed by atoms with E-state index in [0.29, 0.717) is 30.8 Å². The van der Waals surface area contributed by atoms with E-state index < -0.39 is 0 Å². The predicted octanol–water partition coefficient (Wildman–Crippen LogP) is 0.382. The summed E-state index contributed by atoms with van der Waals surface area (Å²) in [5, 5.41) is 7.42. The Balaban J connectivity index is 1.53. The molecule has 0 aromatic heterocycles. The highest BCUT2D eigenvalue weighted by Gasteiger charge is 2.53. The van der Waals surface area contributed by atoms with Crippen molar-refractivity contribution in [2.75, 3.05) is 40.6 Å². The molecular weight excluding hydrogens is 294 g/mol.